The summed E-state index contributed by atoms with van der Waals surface area (Å²) in [6, 6.07) is 9.98. The topological polar surface area (TPSA) is 49.4 Å². The zero-order valence-corrected chi connectivity index (χ0v) is 17.1. The van der Waals surface area contributed by atoms with Crippen LogP contribution in [0.15, 0.2) is 36.4 Å². The molecule has 2 unspecified atom stereocenters. The molecule has 148 valence electrons. The Morgan fingerprint density at radius 2 is 1.75 bits per heavy atom. The normalized spacial score (nSPS) is 18.4. The highest BCUT2D eigenvalue weighted by Crippen LogP contribution is 2.42. The zero-order valence-electron chi connectivity index (χ0n) is 17.1. The molecule has 1 aliphatic rings. The van der Waals surface area contributed by atoms with Gasteiger partial charge in [-0.2, -0.15) is 0 Å². The van der Waals surface area contributed by atoms with Crippen molar-refractivity contribution < 1.29 is 14.0 Å². The average Bonchev–Trinajstić information content (AvgIpc) is 2.63. The van der Waals surface area contributed by atoms with Gasteiger partial charge in [0.1, 0.15) is 11.4 Å². The van der Waals surface area contributed by atoms with Gasteiger partial charge < -0.3 is 10.2 Å². The Morgan fingerprint density at radius 1 is 1.18 bits per heavy atom. The number of hydrogen-bond donors (Lipinski definition) is 1. The maximum absolute atomic E-state index is 13.3. The van der Waals surface area contributed by atoms with Crippen LogP contribution < -0.4 is 5.32 Å². The Kier molecular flexibility index (Phi) is 5.28. The number of rotatable bonds is 5. The van der Waals surface area contributed by atoms with Crippen LogP contribution in [0.2, 0.25) is 0 Å². The van der Waals surface area contributed by atoms with Gasteiger partial charge in [0.15, 0.2) is 0 Å². The van der Waals surface area contributed by atoms with Crippen molar-refractivity contribution in [3.8, 4) is 0 Å². The van der Waals surface area contributed by atoms with Crippen LogP contribution >= 0.6 is 0 Å². The fraction of sp³-hybridized carbons (Fsp3) is 0.391. The minimum absolute atomic E-state index is 0.0637. The monoisotopic (exact) mass is 382 g/mol. The molecule has 0 saturated carbocycles. The Bertz CT molecular complexity index is 900. The summed E-state index contributed by atoms with van der Waals surface area (Å²) in [6.07, 6.45) is 0.809. The Balaban J connectivity index is 1.90. The fourth-order valence-corrected chi connectivity index (χ4v) is 4.05. The van der Waals surface area contributed by atoms with Crippen molar-refractivity contribution in [3.63, 3.8) is 0 Å². The SMILES string of the molecule is CCC(C)(C(=O)Nc1c(C)cc(C)cc1C)N1C(=O)CC1c1ccc(F)cc1. The third kappa shape index (κ3) is 3.41. The Hall–Kier alpha value is -2.69. The number of halogens is 1. The molecule has 0 bridgehead atoms. The van der Waals surface area contributed by atoms with Gasteiger partial charge in [-0.25, -0.2) is 4.39 Å². The van der Waals surface area contributed by atoms with E-state index < -0.39 is 5.54 Å². The van der Waals surface area contributed by atoms with Crippen LogP contribution in [0.4, 0.5) is 10.1 Å². The van der Waals surface area contributed by atoms with Crippen LogP contribution in [0.25, 0.3) is 0 Å². The molecule has 2 atom stereocenters. The van der Waals surface area contributed by atoms with Crippen LogP contribution in [0.5, 0.6) is 0 Å². The predicted octanol–water partition coefficient (Wildman–Crippen LogP) is 4.83. The number of nitrogens with one attached hydrogen (secondary N) is 1. The molecule has 1 N–H and O–H groups in total. The minimum Gasteiger partial charge on any atom is -0.324 e. The number of benzene rings is 2. The number of nitrogens with zero attached hydrogens (tertiary/aromatic N) is 1. The van der Waals surface area contributed by atoms with Crippen molar-refractivity contribution in [1.82, 2.24) is 4.90 Å². The summed E-state index contributed by atoms with van der Waals surface area (Å²) in [5.74, 6) is -0.585. The van der Waals surface area contributed by atoms with Crippen LogP contribution in [-0.2, 0) is 9.59 Å². The van der Waals surface area contributed by atoms with Crippen LogP contribution in [0.1, 0.15) is 55.0 Å². The number of aryl methyl sites for hydroxylation is 3. The largest absolute Gasteiger partial charge is 0.324 e. The van der Waals surface area contributed by atoms with Crippen molar-refractivity contribution in [2.45, 2.75) is 59.0 Å². The van der Waals surface area contributed by atoms with E-state index in [0.29, 0.717) is 12.8 Å². The van der Waals surface area contributed by atoms with Gasteiger partial charge in [0.05, 0.1) is 12.5 Å². The molecule has 1 fully saturated rings. The number of anilines is 1. The maximum atomic E-state index is 13.3. The van der Waals surface area contributed by atoms with Crippen LogP contribution in [0, 0.1) is 26.6 Å². The molecule has 5 heteroatoms. The van der Waals surface area contributed by atoms with Gasteiger partial charge in [-0.3, -0.25) is 9.59 Å². The second-order valence-electron chi connectivity index (χ2n) is 7.89. The van der Waals surface area contributed by atoms with Gasteiger partial charge in [0.2, 0.25) is 11.8 Å². The Labute approximate surface area is 165 Å². The molecule has 28 heavy (non-hydrogen) atoms. The Morgan fingerprint density at radius 3 is 2.25 bits per heavy atom. The number of amides is 2. The van der Waals surface area contributed by atoms with E-state index in [0.717, 1.165) is 27.9 Å². The number of hydrogen-bond acceptors (Lipinski definition) is 2. The summed E-state index contributed by atoms with van der Waals surface area (Å²) in [6.45, 7) is 9.66. The second-order valence-corrected chi connectivity index (χ2v) is 7.89. The van der Waals surface area contributed by atoms with E-state index in [4.69, 9.17) is 0 Å². The second kappa shape index (κ2) is 7.38. The van der Waals surface area contributed by atoms with Gasteiger partial charge >= 0.3 is 0 Å². The van der Waals surface area contributed by atoms with E-state index in [2.05, 4.69) is 5.32 Å². The molecule has 4 nitrogen and oxygen atoms in total. The first-order chi connectivity index (χ1) is 13.2. The average molecular weight is 382 g/mol. The summed E-state index contributed by atoms with van der Waals surface area (Å²) >= 11 is 0. The summed E-state index contributed by atoms with van der Waals surface area (Å²) in [5.41, 5.74) is 3.78. The third-order valence-electron chi connectivity index (χ3n) is 5.83. The fourth-order valence-electron chi connectivity index (χ4n) is 4.05. The minimum atomic E-state index is -0.988. The van der Waals surface area contributed by atoms with E-state index in [1.165, 1.54) is 12.1 Å². The summed E-state index contributed by atoms with van der Waals surface area (Å²) in [7, 11) is 0. The van der Waals surface area contributed by atoms with E-state index in [-0.39, 0.29) is 23.7 Å². The molecule has 1 aliphatic heterocycles. The number of carbonyl (C=O) groups is 2. The molecule has 0 spiro atoms. The van der Waals surface area contributed by atoms with Gasteiger partial charge in [0.25, 0.3) is 0 Å². The van der Waals surface area contributed by atoms with Crippen molar-refractivity contribution in [3.05, 3.63) is 64.5 Å². The molecular formula is C23H27FN2O2. The van der Waals surface area contributed by atoms with Gasteiger partial charge in [-0.1, -0.05) is 36.8 Å². The lowest BCUT2D eigenvalue weighted by Crippen LogP contribution is -2.63. The highest BCUT2D eigenvalue weighted by atomic mass is 19.1. The molecule has 0 aromatic heterocycles. The van der Waals surface area contributed by atoms with E-state index >= 15 is 0 Å². The highest BCUT2D eigenvalue weighted by molar-refractivity contribution is 6.02. The molecule has 2 aromatic rings. The molecule has 2 amide bonds. The smallest absolute Gasteiger partial charge is 0.250 e. The third-order valence-corrected chi connectivity index (χ3v) is 5.83. The van der Waals surface area contributed by atoms with Crippen LogP contribution in [0.3, 0.4) is 0 Å². The standard InChI is InChI=1S/C23H27FN2O2/c1-6-23(5,22(28)25-21-15(3)11-14(2)12-16(21)4)26-19(13-20(26)27)17-7-9-18(24)10-8-17/h7-12,19H,6,13H2,1-5H3,(H,25,28). The maximum Gasteiger partial charge on any atom is 0.250 e. The van der Waals surface area contributed by atoms with Crippen molar-refractivity contribution in [2.24, 2.45) is 0 Å². The lowest BCUT2D eigenvalue weighted by Gasteiger charge is -2.51. The van der Waals surface area contributed by atoms with Gasteiger partial charge in [-0.15, -0.1) is 0 Å². The molecule has 0 aliphatic carbocycles. The predicted molar refractivity (Wildman–Crippen MR) is 109 cm³/mol. The highest BCUT2D eigenvalue weighted by Gasteiger charge is 2.51. The van der Waals surface area contributed by atoms with Crippen molar-refractivity contribution >= 4 is 17.5 Å². The number of carbonyl (C=O) groups excluding carboxylic acids is 2. The first-order valence-electron chi connectivity index (χ1n) is 9.64. The molecule has 0 radical (unpaired) electrons. The molecule has 3 rings (SSSR count). The molecule has 1 heterocycles. The van der Waals surface area contributed by atoms with Crippen LogP contribution in [-0.4, -0.2) is 22.3 Å². The van der Waals surface area contributed by atoms with Crippen molar-refractivity contribution in [1.29, 1.82) is 0 Å². The lowest BCUT2D eigenvalue weighted by atomic mass is 9.83. The molecule has 1 saturated heterocycles. The number of β-lactam (4-membered cyclic amide) rings is 1. The van der Waals surface area contributed by atoms with Gasteiger partial charge in [0, 0.05) is 5.69 Å². The molecular weight excluding hydrogens is 355 g/mol. The van der Waals surface area contributed by atoms with E-state index in [1.807, 2.05) is 39.8 Å². The van der Waals surface area contributed by atoms with E-state index in [9.17, 15) is 14.0 Å². The van der Waals surface area contributed by atoms with E-state index in [1.54, 1.807) is 24.0 Å². The lowest BCUT2D eigenvalue weighted by molar-refractivity contribution is -0.162. The summed E-state index contributed by atoms with van der Waals surface area (Å²) in [4.78, 5) is 27.4. The summed E-state index contributed by atoms with van der Waals surface area (Å²) < 4.78 is 13.3. The number of likely N-dealkylation sites (tertiary alicyclic amines) is 1. The first-order valence-corrected chi connectivity index (χ1v) is 9.64. The first kappa shape index (κ1) is 20.1. The molecule has 2 aromatic carbocycles. The van der Waals surface area contributed by atoms with Crippen molar-refractivity contribution in [2.75, 3.05) is 5.32 Å². The summed E-state index contributed by atoms with van der Waals surface area (Å²) in [5, 5.41) is 3.06. The van der Waals surface area contributed by atoms with Gasteiger partial charge in [-0.05, 0) is 62.9 Å². The zero-order chi connectivity index (χ0) is 20.6. The quantitative estimate of drug-likeness (QED) is 0.753.